The molecule has 0 amide bonds. The van der Waals surface area contributed by atoms with Crippen LogP contribution in [0.2, 0.25) is 0 Å². The second-order valence-corrected chi connectivity index (χ2v) is 7.37. The molecule has 3 heterocycles. The quantitative estimate of drug-likeness (QED) is 0.861. The highest BCUT2D eigenvalue weighted by Crippen LogP contribution is 2.32. The largest absolute Gasteiger partial charge is 0.367 e. The maximum atomic E-state index is 4.55. The SMILES string of the molecule is CCCc1cc(NCC2CCC3CCCN32)nnc1-c1ccccc1. The van der Waals surface area contributed by atoms with Crippen LogP contribution < -0.4 is 5.32 Å². The summed E-state index contributed by atoms with van der Waals surface area (Å²) >= 11 is 0. The number of benzene rings is 1. The third-order valence-electron chi connectivity index (χ3n) is 5.68. The van der Waals surface area contributed by atoms with E-state index in [1.54, 1.807) is 0 Å². The smallest absolute Gasteiger partial charge is 0.149 e. The van der Waals surface area contributed by atoms with Crippen molar-refractivity contribution in [1.82, 2.24) is 15.1 Å². The van der Waals surface area contributed by atoms with Crippen LogP contribution in [-0.4, -0.2) is 40.3 Å². The van der Waals surface area contributed by atoms with E-state index in [0.29, 0.717) is 6.04 Å². The van der Waals surface area contributed by atoms with Crippen molar-refractivity contribution in [1.29, 1.82) is 0 Å². The summed E-state index contributed by atoms with van der Waals surface area (Å²) in [6.45, 7) is 4.48. The first kappa shape index (κ1) is 16.5. The number of nitrogens with one attached hydrogen (secondary N) is 1. The topological polar surface area (TPSA) is 41.0 Å². The summed E-state index contributed by atoms with van der Waals surface area (Å²) in [4.78, 5) is 2.70. The molecule has 4 nitrogen and oxygen atoms in total. The van der Waals surface area contributed by atoms with Crippen molar-refractivity contribution >= 4 is 5.82 Å². The Labute approximate surface area is 150 Å². The summed E-state index contributed by atoms with van der Waals surface area (Å²) < 4.78 is 0. The normalized spacial score (nSPS) is 22.9. The van der Waals surface area contributed by atoms with Gasteiger partial charge in [-0.3, -0.25) is 4.90 Å². The van der Waals surface area contributed by atoms with Crippen LogP contribution in [0.4, 0.5) is 5.82 Å². The molecule has 2 aliphatic rings. The maximum absolute atomic E-state index is 4.55. The minimum atomic E-state index is 0.665. The number of aryl methyl sites for hydroxylation is 1. The molecule has 2 fully saturated rings. The number of anilines is 1. The van der Waals surface area contributed by atoms with E-state index in [1.807, 2.05) is 6.07 Å². The van der Waals surface area contributed by atoms with Crippen molar-refractivity contribution in [2.75, 3.05) is 18.4 Å². The average Bonchev–Trinajstić information content (AvgIpc) is 3.25. The van der Waals surface area contributed by atoms with Gasteiger partial charge in [-0.25, -0.2) is 0 Å². The van der Waals surface area contributed by atoms with E-state index in [-0.39, 0.29) is 0 Å². The first-order chi connectivity index (χ1) is 12.3. The summed E-state index contributed by atoms with van der Waals surface area (Å²) in [5, 5.41) is 12.6. The monoisotopic (exact) mass is 336 g/mol. The van der Waals surface area contributed by atoms with Gasteiger partial charge in [0.2, 0.25) is 0 Å². The number of fused-ring (bicyclic) bond motifs is 1. The van der Waals surface area contributed by atoms with Crippen LogP contribution in [0.5, 0.6) is 0 Å². The summed E-state index contributed by atoms with van der Waals surface area (Å²) in [5.74, 6) is 0.922. The third kappa shape index (κ3) is 3.54. The van der Waals surface area contributed by atoms with Crippen molar-refractivity contribution in [3.63, 3.8) is 0 Å². The Balaban J connectivity index is 1.48. The minimum Gasteiger partial charge on any atom is -0.367 e. The molecule has 4 heteroatoms. The Morgan fingerprint density at radius 2 is 2.00 bits per heavy atom. The molecule has 2 aromatic rings. The lowest BCUT2D eigenvalue weighted by molar-refractivity contribution is 0.254. The molecule has 0 radical (unpaired) electrons. The Bertz CT molecular complexity index is 700. The van der Waals surface area contributed by atoms with Crippen LogP contribution in [0.1, 0.15) is 44.6 Å². The summed E-state index contributed by atoms with van der Waals surface area (Å²) in [6, 6.07) is 14.1. The predicted octanol–water partition coefficient (Wildman–Crippen LogP) is 4.13. The molecular weight excluding hydrogens is 308 g/mol. The van der Waals surface area contributed by atoms with E-state index in [4.69, 9.17) is 0 Å². The molecule has 4 rings (SSSR count). The van der Waals surface area contributed by atoms with Gasteiger partial charge in [0.15, 0.2) is 0 Å². The number of nitrogens with zero attached hydrogens (tertiary/aromatic N) is 3. The molecule has 0 spiro atoms. The van der Waals surface area contributed by atoms with Gasteiger partial charge in [0.1, 0.15) is 5.82 Å². The maximum Gasteiger partial charge on any atom is 0.149 e. The third-order valence-corrected chi connectivity index (χ3v) is 5.68. The van der Waals surface area contributed by atoms with E-state index in [9.17, 15) is 0 Å². The molecule has 2 aliphatic heterocycles. The Morgan fingerprint density at radius 3 is 2.84 bits per heavy atom. The highest BCUT2D eigenvalue weighted by molar-refractivity contribution is 5.64. The fourth-order valence-corrected chi connectivity index (χ4v) is 4.46. The van der Waals surface area contributed by atoms with Crippen molar-refractivity contribution in [3.05, 3.63) is 42.0 Å². The average molecular weight is 336 g/mol. The van der Waals surface area contributed by atoms with Crippen LogP contribution in [-0.2, 0) is 6.42 Å². The molecule has 0 aliphatic carbocycles. The summed E-state index contributed by atoms with van der Waals surface area (Å²) in [7, 11) is 0. The standard InChI is InChI=1S/C21H28N4/c1-2-7-17-14-20(23-24-21(17)16-8-4-3-5-9-16)22-15-19-12-11-18-10-6-13-25(18)19/h3-5,8-9,14,18-19H,2,6-7,10-13,15H2,1H3,(H,22,23). The lowest BCUT2D eigenvalue weighted by Gasteiger charge is -2.24. The molecule has 2 saturated heterocycles. The zero-order valence-corrected chi connectivity index (χ0v) is 15.1. The van der Waals surface area contributed by atoms with Gasteiger partial charge in [0, 0.05) is 24.2 Å². The summed E-state index contributed by atoms with van der Waals surface area (Å²) in [6.07, 6.45) is 7.59. The van der Waals surface area contributed by atoms with Gasteiger partial charge >= 0.3 is 0 Å². The Morgan fingerprint density at radius 1 is 1.12 bits per heavy atom. The number of hydrogen-bond donors (Lipinski definition) is 1. The van der Waals surface area contributed by atoms with Gasteiger partial charge in [-0.2, -0.15) is 0 Å². The number of hydrogen-bond acceptors (Lipinski definition) is 4. The zero-order valence-electron chi connectivity index (χ0n) is 15.1. The molecule has 25 heavy (non-hydrogen) atoms. The van der Waals surface area contributed by atoms with E-state index in [1.165, 1.54) is 37.8 Å². The van der Waals surface area contributed by atoms with Gasteiger partial charge < -0.3 is 5.32 Å². The minimum absolute atomic E-state index is 0.665. The fourth-order valence-electron chi connectivity index (χ4n) is 4.46. The number of rotatable bonds is 6. The molecule has 2 atom stereocenters. The first-order valence-corrected chi connectivity index (χ1v) is 9.77. The van der Waals surface area contributed by atoms with Crippen molar-refractivity contribution in [2.24, 2.45) is 0 Å². The molecule has 0 bridgehead atoms. The van der Waals surface area contributed by atoms with E-state index in [0.717, 1.165) is 42.5 Å². The second-order valence-electron chi connectivity index (χ2n) is 7.37. The molecule has 0 saturated carbocycles. The highest BCUT2D eigenvalue weighted by atomic mass is 15.3. The van der Waals surface area contributed by atoms with Gasteiger partial charge in [-0.05, 0) is 50.3 Å². The molecule has 1 aromatic carbocycles. The molecule has 2 unspecified atom stereocenters. The van der Waals surface area contributed by atoms with E-state index < -0.39 is 0 Å². The summed E-state index contributed by atoms with van der Waals surface area (Å²) in [5.41, 5.74) is 3.46. The van der Waals surface area contributed by atoms with Gasteiger partial charge in [0.25, 0.3) is 0 Å². The molecule has 132 valence electrons. The van der Waals surface area contributed by atoms with Crippen molar-refractivity contribution in [3.8, 4) is 11.3 Å². The molecular formula is C21H28N4. The van der Waals surface area contributed by atoms with E-state index in [2.05, 4.69) is 57.7 Å². The van der Waals surface area contributed by atoms with Crippen LogP contribution in [0.3, 0.4) is 0 Å². The van der Waals surface area contributed by atoms with Crippen LogP contribution in [0.15, 0.2) is 36.4 Å². The predicted molar refractivity (Wildman–Crippen MR) is 103 cm³/mol. The van der Waals surface area contributed by atoms with Crippen molar-refractivity contribution in [2.45, 2.75) is 57.5 Å². The lowest BCUT2D eigenvalue weighted by Crippen LogP contribution is -2.36. The van der Waals surface area contributed by atoms with E-state index >= 15 is 0 Å². The Kier molecular flexibility index (Phi) is 4.97. The van der Waals surface area contributed by atoms with Gasteiger partial charge in [-0.1, -0.05) is 43.7 Å². The van der Waals surface area contributed by atoms with Crippen LogP contribution in [0, 0.1) is 0 Å². The first-order valence-electron chi connectivity index (χ1n) is 9.77. The zero-order chi connectivity index (χ0) is 17.1. The van der Waals surface area contributed by atoms with Crippen LogP contribution >= 0.6 is 0 Å². The second kappa shape index (κ2) is 7.52. The molecule has 1 N–H and O–H groups in total. The van der Waals surface area contributed by atoms with Gasteiger partial charge in [0.05, 0.1) is 5.69 Å². The fraction of sp³-hybridized carbons (Fsp3) is 0.524. The lowest BCUT2D eigenvalue weighted by atomic mass is 10.0. The van der Waals surface area contributed by atoms with Crippen molar-refractivity contribution < 1.29 is 0 Å². The highest BCUT2D eigenvalue weighted by Gasteiger charge is 2.36. The van der Waals surface area contributed by atoms with Gasteiger partial charge in [-0.15, -0.1) is 10.2 Å². The molecule has 1 aromatic heterocycles. The Hall–Kier alpha value is -1.94. The van der Waals surface area contributed by atoms with Crippen LogP contribution in [0.25, 0.3) is 11.3 Å². The number of aromatic nitrogens is 2.